The third-order valence-electron chi connectivity index (χ3n) is 4.15. The second-order valence-corrected chi connectivity index (χ2v) is 5.53. The van der Waals surface area contributed by atoms with Gasteiger partial charge in [-0.1, -0.05) is 24.3 Å². The van der Waals surface area contributed by atoms with Crippen molar-refractivity contribution in [2.24, 2.45) is 10.9 Å². The Morgan fingerprint density at radius 3 is 2.68 bits per heavy atom. The summed E-state index contributed by atoms with van der Waals surface area (Å²) in [6.07, 6.45) is 0. The van der Waals surface area contributed by atoms with Crippen LogP contribution in [0, 0.1) is 5.92 Å². The molecule has 2 atom stereocenters. The molecule has 3 N–H and O–H groups in total. The normalized spacial score (nSPS) is 22.7. The number of carbonyl (C=O) groups is 1. The van der Waals surface area contributed by atoms with Crippen molar-refractivity contribution in [3.8, 4) is 5.75 Å². The number of hydrogen-bond donors (Lipinski definition) is 3. The van der Waals surface area contributed by atoms with Crippen LogP contribution in [0.15, 0.2) is 53.5 Å². The third-order valence-corrected chi connectivity index (χ3v) is 4.15. The third kappa shape index (κ3) is 2.02. The van der Waals surface area contributed by atoms with Gasteiger partial charge in [0.05, 0.1) is 29.7 Å². The first-order valence-electron chi connectivity index (χ1n) is 7.22. The molecule has 2 unspecified atom stereocenters. The number of benzene rings is 2. The van der Waals surface area contributed by atoms with Crippen LogP contribution < -0.4 is 10.6 Å². The average Bonchev–Trinajstić information content (AvgIpc) is 2.79. The van der Waals surface area contributed by atoms with E-state index in [0.717, 1.165) is 22.6 Å². The molecular weight excluding hydrogens is 278 g/mol. The summed E-state index contributed by atoms with van der Waals surface area (Å²) < 4.78 is 0. The smallest absolute Gasteiger partial charge is 0.231 e. The predicted molar refractivity (Wildman–Crippen MR) is 84.5 cm³/mol. The minimum atomic E-state index is -0.336. The number of aromatic hydroxyl groups is 1. The fourth-order valence-electron chi connectivity index (χ4n) is 3.06. The van der Waals surface area contributed by atoms with Crippen molar-refractivity contribution in [2.45, 2.75) is 6.04 Å². The lowest BCUT2D eigenvalue weighted by molar-refractivity contribution is -0.121. The van der Waals surface area contributed by atoms with Crippen LogP contribution in [0.3, 0.4) is 0 Å². The Labute approximate surface area is 127 Å². The maximum absolute atomic E-state index is 12.3. The SMILES string of the molecule is O=C1NCC2=Nc3ccccc3NC(c3ccc(O)cc3)C12. The van der Waals surface area contributed by atoms with Gasteiger partial charge in [0.2, 0.25) is 5.91 Å². The number of aliphatic imine (C=N–C) groups is 1. The van der Waals surface area contributed by atoms with E-state index in [9.17, 15) is 9.90 Å². The molecular formula is C17H15N3O2. The summed E-state index contributed by atoms with van der Waals surface area (Å²) >= 11 is 0. The van der Waals surface area contributed by atoms with Crippen LogP contribution in [-0.4, -0.2) is 23.3 Å². The van der Waals surface area contributed by atoms with Crippen molar-refractivity contribution in [1.29, 1.82) is 0 Å². The van der Waals surface area contributed by atoms with E-state index in [-0.39, 0.29) is 23.6 Å². The lowest BCUT2D eigenvalue weighted by Crippen LogP contribution is -2.30. The Morgan fingerprint density at radius 1 is 1.09 bits per heavy atom. The molecule has 2 aromatic rings. The average molecular weight is 293 g/mol. The standard InChI is InChI=1S/C17H15N3O2/c21-11-7-5-10(6-8-11)16-15-14(9-18-17(15)22)19-12-3-1-2-4-13(12)20-16/h1-8,15-16,20-21H,9H2,(H,18,22). The van der Waals surface area contributed by atoms with Crippen LogP contribution in [-0.2, 0) is 4.79 Å². The van der Waals surface area contributed by atoms with Gasteiger partial charge < -0.3 is 15.7 Å². The highest BCUT2D eigenvalue weighted by molar-refractivity contribution is 6.13. The molecule has 4 rings (SSSR count). The Balaban J connectivity index is 1.84. The molecule has 5 heteroatoms. The molecule has 0 spiro atoms. The van der Waals surface area contributed by atoms with E-state index in [4.69, 9.17) is 0 Å². The van der Waals surface area contributed by atoms with Gasteiger partial charge in [0, 0.05) is 0 Å². The molecule has 0 bridgehead atoms. The van der Waals surface area contributed by atoms with Gasteiger partial charge >= 0.3 is 0 Å². The number of phenols is 1. The molecule has 1 saturated heterocycles. The zero-order valence-corrected chi connectivity index (χ0v) is 11.8. The van der Waals surface area contributed by atoms with Gasteiger partial charge in [0.1, 0.15) is 11.7 Å². The van der Waals surface area contributed by atoms with E-state index < -0.39 is 0 Å². The number of nitrogens with zero attached hydrogens (tertiary/aromatic N) is 1. The highest BCUT2D eigenvalue weighted by Crippen LogP contribution is 2.38. The zero-order chi connectivity index (χ0) is 15.1. The van der Waals surface area contributed by atoms with E-state index in [1.165, 1.54) is 0 Å². The molecule has 1 amide bonds. The van der Waals surface area contributed by atoms with Gasteiger partial charge in [-0.3, -0.25) is 9.79 Å². The van der Waals surface area contributed by atoms with Crippen molar-refractivity contribution in [3.63, 3.8) is 0 Å². The maximum Gasteiger partial charge on any atom is 0.231 e. The minimum absolute atomic E-state index is 0.0165. The van der Waals surface area contributed by atoms with Crippen LogP contribution >= 0.6 is 0 Å². The second-order valence-electron chi connectivity index (χ2n) is 5.53. The quantitative estimate of drug-likeness (QED) is 0.755. The summed E-state index contributed by atoms with van der Waals surface area (Å²) in [4.78, 5) is 16.9. The monoisotopic (exact) mass is 293 g/mol. The molecule has 22 heavy (non-hydrogen) atoms. The lowest BCUT2D eigenvalue weighted by Gasteiger charge is -2.23. The number of phenolic OH excluding ortho intramolecular Hbond substituents is 1. The Kier molecular flexibility index (Phi) is 2.85. The molecule has 0 aliphatic carbocycles. The van der Waals surface area contributed by atoms with E-state index >= 15 is 0 Å². The lowest BCUT2D eigenvalue weighted by atomic mass is 9.90. The number of para-hydroxylation sites is 2. The summed E-state index contributed by atoms with van der Waals surface area (Å²) in [6, 6.07) is 14.5. The van der Waals surface area contributed by atoms with Crippen LogP contribution in [0.4, 0.5) is 11.4 Å². The molecule has 0 radical (unpaired) electrons. The van der Waals surface area contributed by atoms with Crippen molar-refractivity contribution < 1.29 is 9.90 Å². The molecule has 2 aliphatic rings. The molecule has 5 nitrogen and oxygen atoms in total. The summed E-state index contributed by atoms with van der Waals surface area (Å²) in [6.45, 7) is 0.480. The minimum Gasteiger partial charge on any atom is -0.508 e. The number of rotatable bonds is 1. The first-order valence-corrected chi connectivity index (χ1v) is 7.22. The summed E-state index contributed by atoms with van der Waals surface area (Å²) in [5, 5.41) is 15.8. The Bertz CT molecular complexity index is 768. The molecule has 2 aromatic carbocycles. The summed E-state index contributed by atoms with van der Waals surface area (Å²) in [7, 11) is 0. The molecule has 2 heterocycles. The van der Waals surface area contributed by atoms with Gasteiger partial charge in [-0.25, -0.2) is 0 Å². The fraction of sp³-hybridized carbons (Fsp3) is 0.176. The van der Waals surface area contributed by atoms with Gasteiger partial charge in [0.25, 0.3) is 0 Å². The second kappa shape index (κ2) is 4.87. The first-order chi connectivity index (χ1) is 10.7. The molecule has 110 valence electrons. The fourth-order valence-corrected chi connectivity index (χ4v) is 3.06. The van der Waals surface area contributed by atoms with Crippen LogP contribution in [0.2, 0.25) is 0 Å². The van der Waals surface area contributed by atoms with Crippen molar-refractivity contribution in [1.82, 2.24) is 5.32 Å². The molecule has 0 aromatic heterocycles. The topological polar surface area (TPSA) is 73.7 Å². The number of hydrogen-bond acceptors (Lipinski definition) is 4. The van der Waals surface area contributed by atoms with Crippen LogP contribution in [0.1, 0.15) is 11.6 Å². The highest BCUT2D eigenvalue weighted by Gasteiger charge is 2.40. The van der Waals surface area contributed by atoms with E-state index in [2.05, 4.69) is 15.6 Å². The number of amides is 1. The van der Waals surface area contributed by atoms with E-state index in [0.29, 0.717) is 6.54 Å². The van der Waals surface area contributed by atoms with Gasteiger partial charge in [-0.05, 0) is 29.8 Å². The van der Waals surface area contributed by atoms with Gasteiger partial charge in [0.15, 0.2) is 0 Å². The van der Waals surface area contributed by atoms with Gasteiger partial charge in [-0.2, -0.15) is 0 Å². The number of fused-ring (bicyclic) bond motifs is 2. The van der Waals surface area contributed by atoms with E-state index in [1.54, 1.807) is 12.1 Å². The first kappa shape index (κ1) is 12.9. The van der Waals surface area contributed by atoms with E-state index in [1.807, 2.05) is 36.4 Å². The number of nitrogens with one attached hydrogen (secondary N) is 2. The van der Waals surface area contributed by atoms with Crippen LogP contribution in [0.25, 0.3) is 0 Å². The Hall–Kier alpha value is -2.82. The molecule has 2 aliphatic heterocycles. The van der Waals surface area contributed by atoms with Crippen molar-refractivity contribution >= 4 is 23.0 Å². The number of carbonyl (C=O) groups excluding carboxylic acids is 1. The summed E-state index contributed by atoms with van der Waals surface area (Å²) in [5.41, 5.74) is 3.56. The van der Waals surface area contributed by atoms with Crippen molar-refractivity contribution in [3.05, 3.63) is 54.1 Å². The largest absolute Gasteiger partial charge is 0.508 e. The zero-order valence-electron chi connectivity index (χ0n) is 11.8. The maximum atomic E-state index is 12.3. The molecule has 0 saturated carbocycles. The van der Waals surface area contributed by atoms with Gasteiger partial charge in [-0.15, -0.1) is 0 Å². The Morgan fingerprint density at radius 2 is 1.86 bits per heavy atom. The highest BCUT2D eigenvalue weighted by atomic mass is 16.3. The number of anilines is 1. The van der Waals surface area contributed by atoms with Crippen LogP contribution in [0.5, 0.6) is 5.75 Å². The van der Waals surface area contributed by atoms with Crippen molar-refractivity contribution in [2.75, 3.05) is 11.9 Å². The predicted octanol–water partition coefficient (Wildman–Crippen LogP) is 2.38. The molecule has 1 fully saturated rings. The summed E-state index contributed by atoms with van der Waals surface area (Å²) in [5.74, 6) is -0.142.